The zero-order valence-corrected chi connectivity index (χ0v) is 11.9. The fourth-order valence-electron chi connectivity index (χ4n) is 2.80. The van der Waals surface area contributed by atoms with Crippen molar-refractivity contribution in [1.29, 1.82) is 0 Å². The number of hydrogen-bond acceptors (Lipinski definition) is 2. The summed E-state index contributed by atoms with van der Waals surface area (Å²) < 4.78 is 0. The largest absolute Gasteiger partial charge is 0.310 e. The molecule has 0 bridgehead atoms. The Balaban J connectivity index is 1.79. The van der Waals surface area contributed by atoms with Crippen LogP contribution in [0.2, 0.25) is 0 Å². The molecule has 1 aromatic carbocycles. The van der Waals surface area contributed by atoms with Gasteiger partial charge in [0.05, 0.1) is 0 Å². The van der Waals surface area contributed by atoms with E-state index in [0.717, 1.165) is 12.5 Å². The van der Waals surface area contributed by atoms with Crippen molar-refractivity contribution in [3.05, 3.63) is 35.4 Å². The summed E-state index contributed by atoms with van der Waals surface area (Å²) in [6, 6.07) is 9.41. The van der Waals surface area contributed by atoms with E-state index in [1.807, 2.05) is 0 Å². The number of rotatable bonds is 4. The van der Waals surface area contributed by atoms with E-state index in [1.165, 1.54) is 37.1 Å². The SMILES string of the molecule is Cc1cccc(CNC(C)C2CCN(C)CC2)c1. The van der Waals surface area contributed by atoms with Crippen molar-refractivity contribution in [2.75, 3.05) is 20.1 Å². The molecule has 1 aromatic rings. The first-order chi connectivity index (χ1) is 8.65. The molecule has 0 aliphatic carbocycles. The van der Waals surface area contributed by atoms with Gasteiger partial charge in [0.1, 0.15) is 0 Å². The molecule has 0 radical (unpaired) electrons. The van der Waals surface area contributed by atoms with Gasteiger partial charge in [0.25, 0.3) is 0 Å². The van der Waals surface area contributed by atoms with E-state index in [4.69, 9.17) is 0 Å². The Hall–Kier alpha value is -0.860. The first-order valence-corrected chi connectivity index (χ1v) is 7.12. The van der Waals surface area contributed by atoms with Crippen molar-refractivity contribution in [3.8, 4) is 0 Å². The van der Waals surface area contributed by atoms with Crippen LogP contribution in [0.3, 0.4) is 0 Å². The van der Waals surface area contributed by atoms with Crippen LogP contribution in [0.4, 0.5) is 0 Å². The first kappa shape index (κ1) is 13.6. The van der Waals surface area contributed by atoms with Crippen molar-refractivity contribution in [1.82, 2.24) is 10.2 Å². The molecular weight excluding hydrogens is 220 g/mol. The smallest absolute Gasteiger partial charge is 0.0208 e. The van der Waals surface area contributed by atoms with Crippen molar-refractivity contribution < 1.29 is 0 Å². The number of benzene rings is 1. The number of hydrogen-bond donors (Lipinski definition) is 1. The van der Waals surface area contributed by atoms with Gasteiger partial charge in [0.15, 0.2) is 0 Å². The fourth-order valence-corrected chi connectivity index (χ4v) is 2.80. The molecule has 18 heavy (non-hydrogen) atoms. The highest BCUT2D eigenvalue weighted by Crippen LogP contribution is 2.19. The van der Waals surface area contributed by atoms with E-state index in [-0.39, 0.29) is 0 Å². The highest BCUT2D eigenvalue weighted by molar-refractivity contribution is 5.22. The number of piperidine rings is 1. The lowest BCUT2D eigenvalue weighted by Gasteiger charge is -2.33. The van der Waals surface area contributed by atoms with Gasteiger partial charge in [-0.3, -0.25) is 0 Å². The molecule has 100 valence electrons. The van der Waals surface area contributed by atoms with Gasteiger partial charge in [-0.1, -0.05) is 29.8 Å². The summed E-state index contributed by atoms with van der Waals surface area (Å²) in [5, 5.41) is 3.69. The molecule has 0 spiro atoms. The maximum absolute atomic E-state index is 3.69. The second kappa shape index (κ2) is 6.35. The normalized spacial score (nSPS) is 19.9. The van der Waals surface area contributed by atoms with Crippen LogP contribution in [0.15, 0.2) is 24.3 Å². The van der Waals surface area contributed by atoms with E-state index in [9.17, 15) is 0 Å². The molecular formula is C16H26N2. The molecule has 0 amide bonds. The quantitative estimate of drug-likeness (QED) is 0.879. The number of nitrogens with zero attached hydrogens (tertiary/aromatic N) is 1. The summed E-state index contributed by atoms with van der Waals surface area (Å²) in [6.45, 7) is 7.99. The Bertz CT molecular complexity index is 367. The van der Waals surface area contributed by atoms with Gasteiger partial charge in [-0.15, -0.1) is 0 Å². The Morgan fingerprint density at radius 2 is 2.06 bits per heavy atom. The predicted octanol–water partition coefficient (Wildman–Crippen LogP) is 2.81. The summed E-state index contributed by atoms with van der Waals surface area (Å²) in [7, 11) is 2.22. The fraction of sp³-hybridized carbons (Fsp3) is 0.625. The lowest BCUT2D eigenvalue weighted by atomic mass is 9.90. The minimum atomic E-state index is 0.624. The molecule has 1 N–H and O–H groups in total. The minimum absolute atomic E-state index is 0.624. The van der Waals surface area contributed by atoms with Crippen LogP contribution in [-0.4, -0.2) is 31.1 Å². The highest BCUT2D eigenvalue weighted by Gasteiger charge is 2.21. The Morgan fingerprint density at radius 1 is 1.33 bits per heavy atom. The summed E-state index contributed by atoms with van der Waals surface area (Å²) >= 11 is 0. The van der Waals surface area contributed by atoms with Crippen LogP contribution in [0.5, 0.6) is 0 Å². The van der Waals surface area contributed by atoms with Gasteiger partial charge in [-0.25, -0.2) is 0 Å². The summed E-state index contributed by atoms with van der Waals surface area (Å²) in [5.74, 6) is 0.839. The van der Waals surface area contributed by atoms with E-state index < -0.39 is 0 Å². The zero-order valence-electron chi connectivity index (χ0n) is 11.9. The molecule has 1 fully saturated rings. The average molecular weight is 246 g/mol. The van der Waals surface area contributed by atoms with Gasteiger partial charge in [0.2, 0.25) is 0 Å². The molecule has 1 atom stereocenters. The third kappa shape index (κ3) is 3.82. The molecule has 2 nitrogen and oxygen atoms in total. The van der Waals surface area contributed by atoms with Crippen molar-refractivity contribution in [3.63, 3.8) is 0 Å². The lowest BCUT2D eigenvalue weighted by Crippen LogP contribution is -2.40. The van der Waals surface area contributed by atoms with Crippen LogP contribution in [0.1, 0.15) is 30.9 Å². The number of aryl methyl sites for hydroxylation is 1. The second-order valence-corrected chi connectivity index (χ2v) is 5.80. The zero-order chi connectivity index (χ0) is 13.0. The van der Waals surface area contributed by atoms with Crippen molar-refractivity contribution in [2.24, 2.45) is 5.92 Å². The van der Waals surface area contributed by atoms with Crippen LogP contribution in [-0.2, 0) is 6.54 Å². The van der Waals surface area contributed by atoms with Gasteiger partial charge >= 0.3 is 0 Å². The van der Waals surface area contributed by atoms with Crippen LogP contribution in [0.25, 0.3) is 0 Å². The molecule has 0 saturated carbocycles. The third-order valence-corrected chi connectivity index (χ3v) is 4.18. The minimum Gasteiger partial charge on any atom is -0.310 e. The van der Waals surface area contributed by atoms with Crippen LogP contribution >= 0.6 is 0 Å². The Kier molecular flexibility index (Phi) is 4.79. The monoisotopic (exact) mass is 246 g/mol. The van der Waals surface area contributed by atoms with E-state index in [2.05, 4.69) is 55.4 Å². The molecule has 1 saturated heterocycles. The van der Waals surface area contributed by atoms with Gasteiger partial charge in [-0.05, 0) is 58.3 Å². The van der Waals surface area contributed by atoms with Gasteiger partial charge in [0, 0.05) is 12.6 Å². The topological polar surface area (TPSA) is 15.3 Å². The maximum atomic E-state index is 3.69. The summed E-state index contributed by atoms with van der Waals surface area (Å²) in [6.07, 6.45) is 2.66. The van der Waals surface area contributed by atoms with Gasteiger partial charge in [-0.2, -0.15) is 0 Å². The average Bonchev–Trinajstić information content (AvgIpc) is 2.37. The summed E-state index contributed by atoms with van der Waals surface area (Å²) in [4.78, 5) is 2.43. The lowest BCUT2D eigenvalue weighted by molar-refractivity contribution is 0.189. The van der Waals surface area contributed by atoms with Gasteiger partial charge < -0.3 is 10.2 Å². The van der Waals surface area contributed by atoms with E-state index >= 15 is 0 Å². The third-order valence-electron chi connectivity index (χ3n) is 4.18. The standard InChI is InChI=1S/C16H26N2/c1-13-5-4-6-15(11-13)12-17-14(2)16-7-9-18(3)10-8-16/h4-6,11,14,16-17H,7-10,12H2,1-3H3. The maximum Gasteiger partial charge on any atom is 0.0208 e. The Morgan fingerprint density at radius 3 is 2.72 bits per heavy atom. The van der Waals surface area contributed by atoms with Crippen LogP contribution in [0, 0.1) is 12.8 Å². The molecule has 0 aromatic heterocycles. The Labute approximate surface area is 111 Å². The second-order valence-electron chi connectivity index (χ2n) is 5.80. The van der Waals surface area contributed by atoms with E-state index in [1.54, 1.807) is 0 Å². The van der Waals surface area contributed by atoms with Crippen molar-refractivity contribution >= 4 is 0 Å². The molecule has 2 heteroatoms. The molecule has 1 aliphatic heterocycles. The summed E-state index contributed by atoms with van der Waals surface area (Å²) in [5.41, 5.74) is 2.75. The van der Waals surface area contributed by atoms with E-state index in [0.29, 0.717) is 6.04 Å². The number of likely N-dealkylation sites (tertiary alicyclic amines) is 1. The first-order valence-electron chi connectivity index (χ1n) is 7.12. The molecule has 1 heterocycles. The molecule has 1 unspecified atom stereocenters. The predicted molar refractivity (Wildman–Crippen MR) is 77.7 cm³/mol. The van der Waals surface area contributed by atoms with Crippen molar-refractivity contribution in [2.45, 2.75) is 39.3 Å². The number of nitrogens with one attached hydrogen (secondary N) is 1. The molecule has 1 aliphatic rings. The highest BCUT2D eigenvalue weighted by atomic mass is 15.1. The molecule has 2 rings (SSSR count). The van der Waals surface area contributed by atoms with Crippen LogP contribution < -0.4 is 5.32 Å².